The number of alkyl halides is 3. The largest absolute Gasteiger partial charge is 0.461 e. The van der Waals surface area contributed by atoms with Crippen LogP contribution in [-0.2, 0) is 17.4 Å². The van der Waals surface area contributed by atoms with Crippen molar-refractivity contribution in [3.05, 3.63) is 53.1 Å². The Balaban J connectivity index is 2.28. The van der Waals surface area contributed by atoms with E-state index in [1.165, 1.54) is 18.4 Å². The summed E-state index contributed by atoms with van der Waals surface area (Å²) in [6, 6.07) is 4.61. The standard InChI is InChI=1S/C19H18F3N3O3/c1-18(2,17(24)27)8-12-15(16(26)13-4-3-5-28-13)14-10(23)6-9(19(20,21)22)7-11(14)25-12/h3-7,25H,8,23H2,1-2H3,(H2,24,27). The van der Waals surface area contributed by atoms with Crippen LogP contribution in [0, 0.1) is 5.41 Å². The molecular formula is C19H18F3N3O3. The molecule has 6 nitrogen and oxygen atoms in total. The Morgan fingerprint density at radius 2 is 1.89 bits per heavy atom. The van der Waals surface area contributed by atoms with Gasteiger partial charge in [0.15, 0.2) is 5.76 Å². The molecule has 0 aliphatic rings. The van der Waals surface area contributed by atoms with Crippen molar-refractivity contribution in [2.75, 3.05) is 5.73 Å². The quantitative estimate of drug-likeness (QED) is 0.453. The number of nitrogens with one attached hydrogen (secondary N) is 1. The highest BCUT2D eigenvalue weighted by molar-refractivity contribution is 6.18. The van der Waals surface area contributed by atoms with Gasteiger partial charge in [-0.1, -0.05) is 13.8 Å². The summed E-state index contributed by atoms with van der Waals surface area (Å²) in [5, 5.41) is 0.143. The van der Waals surface area contributed by atoms with Crippen molar-refractivity contribution in [3.8, 4) is 0 Å². The third-order valence-electron chi connectivity index (χ3n) is 4.59. The Labute approximate surface area is 157 Å². The fourth-order valence-electron chi connectivity index (χ4n) is 3.02. The van der Waals surface area contributed by atoms with Crippen LogP contribution in [-0.4, -0.2) is 16.7 Å². The number of aromatic amines is 1. The first-order valence-corrected chi connectivity index (χ1v) is 8.31. The summed E-state index contributed by atoms with van der Waals surface area (Å²) < 4.78 is 44.6. The molecule has 0 unspecified atom stereocenters. The zero-order valence-electron chi connectivity index (χ0n) is 15.1. The molecule has 9 heteroatoms. The molecule has 0 saturated carbocycles. The van der Waals surface area contributed by atoms with Crippen LogP contribution in [0.4, 0.5) is 18.9 Å². The average Bonchev–Trinajstić information content (AvgIpc) is 3.20. The number of hydrogen-bond acceptors (Lipinski definition) is 4. The number of nitrogen functional groups attached to an aromatic ring is 1. The van der Waals surface area contributed by atoms with E-state index in [1.807, 2.05) is 0 Å². The minimum absolute atomic E-state index is 0.000410. The third-order valence-corrected chi connectivity index (χ3v) is 4.59. The van der Waals surface area contributed by atoms with Gasteiger partial charge in [-0.05, 0) is 24.3 Å². The number of aromatic nitrogens is 1. The van der Waals surface area contributed by atoms with Crippen LogP contribution >= 0.6 is 0 Å². The molecule has 0 saturated heterocycles. The maximum atomic E-state index is 13.1. The van der Waals surface area contributed by atoms with E-state index < -0.39 is 28.8 Å². The van der Waals surface area contributed by atoms with Crippen molar-refractivity contribution >= 4 is 28.3 Å². The lowest BCUT2D eigenvalue weighted by Crippen LogP contribution is -2.33. The molecule has 3 aromatic rings. The number of benzene rings is 1. The summed E-state index contributed by atoms with van der Waals surface area (Å²) in [6.45, 7) is 3.15. The van der Waals surface area contributed by atoms with E-state index in [-0.39, 0.29) is 40.0 Å². The van der Waals surface area contributed by atoms with E-state index in [0.717, 1.165) is 12.1 Å². The van der Waals surface area contributed by atoms with Gasteiger partial charge in [-0.2, -0.15) is 13.2 Å². The van der Waals surface area contributed by atoms with E-state index in [4.69, 9.17) is 15.9 Å². The minimum Gasteiger partial charge on any atom is -0.461 e. The lowest BCUT2D eigenvalue weighted by molar-refractivity contribution is -0.137. The molecule has 0 atom stereocenters. The highest BCUT2D eigenvalue weighted by Crippen LogP contribution is 2.38. The molecular weight excluding hydrogens is 375 g/mol. The van der Waals surface area contributed by atoms with Gasteiger partial charge in [0, 0.05) is 34.1 Å². The number of carbonyl (C=O) groups excluding carboxylic acids is 2. The predicted molar refractivity (Wildman–Crippen MR) is 96.5 cm³/mol. The van der Waals surface area contributed by atoms with Gasteiger partial charge < -0.3 is 20.9 Å². The first-order valence-electron chi connectivity index (χ1n) is 8.31. The molecule has 1 aromatic carbocycles. The summed E-state index contributed by atoms with van der Waals surface area (Å²) in [5.41, 5.74) is 9.45. The number of primary amides is 1. The van der Waals surface area contributed by atoms with Gasteiger partial charge in [0.1, 0.15) is 0 Å². The fourth-order valence-corrected chi connectivity index (χ4v) is 3.02. The molecule has 148 valence electrons. The van der Waals surface area contributed by atoms with E-state index in [1.54, 1.807) is 13.8 Å². The van der Waals surface area contributed by atoms with Gasteiger partial charge in [0.2, 0.25) is 11.7 Å². The van der Waals surface area contributed by atoms with Crippen molar-refractivity contribution in [3.63, 3.8) is 0 Å². The number of nitrogens with two attached hydrogens (primary N) is 2. The van der Waals surface area contributed by atoms with E-state index in [0.29, 0.717) is 0 Å². The summed E-state index contributed by atoms with van der Waals surface area (Å²) in [7, 11) is 0. The topological polar surface area (TPSA) is 115 Å². The lowest BCUT2D eigenvalue weighted by Gasteiger charge is -2.20. The second kappa shape index (κ2) is 6.43. The smallest absolute Gasteiger partial charge is 0.416 e. The SMILES string of the molecule is CC(C)(Cc1[nH]c2cc(C(F)(F)F)cc(N)c2c1C(=O)c1ccco1)C(N)=O. The zero-order valence-corrected chi connectivity index (χ0v) is 15.1. The van der Waals surface area contributed by atoms with Gasteiger partial charge in [0.25, 0.3) is 0 Å². The molecule has 5 N–H and O–H groups in total. The van der Waals surface area contributed by atoms with E-state index in [9.17, 15) is 22.8 Å². The number of hydrogen-bond donors (Lipinski definition) is 3. The van der Waals surface area contributed by atoms with Crippen molar-refractivity contribution in [1.82, 2.24) is 4.98 Å². The number of amides is 1. The van der Waals surface area contributed by atoms with Crippen molar-refractivity contribution in [2.24, 2.45) is 11.1 Å². The number of carbonyl (C=O) groups is 2. The first kappa shape index (κ1) is 19.5. The third kappa shape index (κ3) is 3.35. The minimum atomic E-state index is -4.61. The number of fused-ring (bicyclic) bond motifs is 1. The number of halogens is 3. The van der Waals surface area contributed by atoms with E-state index in [2.05, 4.69) is 4.98 Å². The Morgan fingerprint density at radius 1 is 1.21 bits per heavy atom. The maximum Gasteiger partial charge on any atom is 0.416 e. The molecule has 0 spiro atoms. The number of H-pyrrole nitrogens is 1. The van der Waals surface area contributed by atoms with Crippen LogP contribution in [0.5, 0.6) is 0 Å². The summed E-state index contributed by atoms with van der Waals surface area (Å²) in [4.78, 5) is 27.5. The van der Waals surface area contributed by atoms with Gasteiger partial charge >= 0.3 is 6.18 Å². The first-order chi connectivity index (χ1) is 12.9. The van der Waals surface area contributed by atoms with Crippen molar-refractivity contribution < 1.29 is 27.2 Å². The molecule has 1 amide bonds. The number of rotatable bonds is 5. The molecule has 2 aromatic heterocycles. The Morgan fingerprint density at radius 3 is 2.43 bits per heavy atom. The molecule has 28 heavy (non-hydrogen) atoms. The van der Waals surface area contributed by atoms with Gasteiger partial charge in [-0.25, -0.2) is 0 Å². The molecule has 0 aliphatic heterocycles. The normalized spacial score (nSPS) is 12.5. The van der Waals surface area contributed by atoms with Gasteiger partial charge in [0.05, 0.1) is 17.4 Å². The molecule has 3 rings (SSSR count). The van der Waals surface area contributed by atoms with Gasteiger partial charge in [-0.3, -0.25) is 9.59 Å². The summed E-state index contributed by atoms with van der Waals surface area (Å²) >= 11 is 0. The molecule has 0 fully saturated rings. The summed E-state index contributed by atoms with van der Waals surface area (Å²) in [6.07, 6.45) is -3.30. The molecule has 0 radical (unpaired) electrons. The second-order valence-electron chi connectivity index (χ2n) is 7.20. The Kier molecular flexibility index (Phi) is 4.49. The average molecular weight is 393 g/mol. The van der Waals surface area contributed by atoms with Crippen LogP contribution in [0.25, 0.3) is 10.9 Å². The number of ketones is 1. The summed E-state index contributed by atoms with van der Waals surface area (Å²) in [5.74, 6) is -1.18. The van der Waals surface area contributed by atoms with Crippen LogP contribution in [0.15, 0.2) is 34.9 Å². The van der Waals surface area contributed by atoms with Crippen LogP contribution in [0.3, 0.4) is 0 Å². The van der Waals surface area contributed by atoms with Crippen LogP contribution in [0.1, 0.15) is 41.2 Å². The number of furan rings is 1. The van der Waals surface area contributed by atoms with E-state index >= 15 is 0 Å². The van der Waals surface area contributed by atoms with Crippen molar-refractivity contribution in [2.45, 2.75) is 26.4 Å². The molecule has 0 aliphatic carbocycles. The molecule has 0 bridgehead atoms. The lowest BCUT2D eigenvalue weighted by atomic mass is 9.85. The Hall–Kier alpha value is -3.23. The second-order valence-corrected chi connectivity index (χ2v) is 7.20. The maximum absolute atomic E-state index is 13.1. The monoisotopic (exact) mass is 393 g/mol. The fraction of sp³-hybridized carbons (Fsp3) is 0.263. The molecule has 2 heterocycles. The highest BCUT2D eigenvalue weighted by Gasteiger charge is 2.34. The Bertz CT molecular complexity index is 1060. The van der Waals surface area contributed by atoms with Crippen LogP contribution in [0.2, 0.25) is 0 Å². The number of anilines is 1. The van der Waals surface area contributed by atoms with Gasteiger partial charge in [-0.15, -0.1) is 0 Å². The van der Waals surface area contributed by atoms with Crippen molar-refractivity contribution in [1.29, 1.82) is 0 Å². The highest BCUT2D eigenvalue weighted by atomic mass is 19.4. The zero-order chi connectivity index (χ0) is 20.9. The predicted octanol–water partition coefficient (Wildman–Crippen LogP) is 3.65. The van der Waals surface area contributed by atoms with Crippen LogP contribution < -0.4 is 11.5 Å².